The van der Waals surface area contributed by atoms with E-state index in [9.17, 15) is 4.79 Å². The van der Waals surface area contributed by atoms with Crippen molar-refractivity contribution in [1.29, 1.82) is 0 Å². The van der Waals surface area contributed by atoms with Gasteiger partial charge in [-0.15, -0.1) is 24.0 Å². The Hall–Kier alpha value is -2.17. The highest BCUT2D eigenvalue weighted by atomic mass is 127. The first-order chi connectivity index (χ1) is 14.1. The van der Waals surface area contributed by atoms with Gasteiger partial charge in [-0.3, -0.25) is 9.78 Å². The van der Waals surface area contributed by atoms with E-state index in [2.05, 4.69) is 25.8 Å². The minimum Gasteiger partial charge on any atom is -0.361 e. The molecule has 0 saturated heterocycles. The molecule has 0 aliphatic heterocycles. The number of rotatable bonds is 10. The first-order valence-electron chi connectivity index (χ1n) is 10.2. The lowest BCUT2D eigenvalue weighted by molar-refractivity contribution is -0.128. The van der Waals surface area contributed by atoms with Crippen LogP contribution < -0.4 is 10.6 Å². The van der Waals surface area contributed by atoms with Crippen LogP contribution >= 0.6 is 24.0 Å². The zero-order valence-electron chi connectivity index (χ0n) is 18.3. The number of hydrogen-bond donors (Lipinski definition) is 2. The summed E-state index contributed by atoms with van der Waals surface area (Å²) in [5.74, 6) is 1.47. The molecule has 2 rings (SSSR count). The number of nitrogens with one attached hydrogen (secondary N) is 2. The van der Waals surface area contributed by atoms with Crippen molar-refractivity contribution in [2.24, 2.45) is 4.99 Å². The van der Waals surface area contributed by atoms with Gasteiger partial charge in [0.1, 0.15) is 5.76 Å². The van der Waals surface area contributed by atoms with Gasteiger partial charge < -0.3 is 20.1 Å². The van der Waals surface area contributed by atoms with E-state index >= 15 is 0 Å². The summed E-state index contributed by atoms with van der Waals surface area (Å²) >= 11 is 0. The van der Waals surface area contributed by atoms with Crippen LogP contribution in [0.1, 0.15) is 43.5 Å². The van der Waals surface area contributed by atoms with Crippen molar-refractivity contribution >= 4 is 35.8 Å². The monoisotopic (exact) mass is 528 g/mol. The van der Waals surface area contributed by atoms with Crippen LogP contribution in [0, 0.1) is 0 Å². The van der Waals surface area contributed by atoms with E-state index in [1.807, 2.05) is 39.0 Å². The number of halogens is 1. The zero-order chi connectivity index (χ0) is 21.1. The van der Waals surface area contributed by atoms with Crippen molar-refractivity contribution < 1.29 is 9.32 Å². The van der Waals surface area contributed by atoms with Crippen molar-refractivity contribution in [2.45, 2.75) is 46.6 Å². The summed E-state index contributed by atoms with van der Waals surface area (Å²) < 4.78 is 5.40. The third-order valence-corrected chi connectivity index (χ3v) is 4.61. The Balaban J connectivity index is 0.00000450. The number of guanidine groups is 1. The van der Waals surface area contributed by atoms with E-state index in [-0.39, 0.29) is 36.4 Å². The predicted octanol–water partition coefficient (Wildman–Crippen LogP) is 2.57. The summed E-state index contributed by atoms with van der Waals surface area (Å²) in [6.07, 6.45) is 4.07. The van der Waals surface area contributed by atoms with E-state index in [0.717, 1.165) is 42.0 Å². The fourth-order valence-electron chi connectivity index (χ4n) is 2.86. The molecular weight excluding hydrogens is 495 g/mol. The molecule has 0 bridgehead atoms. The molecule has 0 spiro atoms. The van der Waals surface area contributed by atoms with Gasteiger partial charge >= 0.3 is 0 Å². The van der Waals surface area contributed by atoms with Crippen LogP contribution in [-0.4, -0.2) is 53.6 Å². The third kappa shape index (κ3) is 7.92. The molecule has 0 fully saturated rings. The SMILES string of the molecule is CCNC(=NCc1c(CC)noc1CC)NCC(=O)N(C)CCc1ccccn1.I. The van der Waals surface area contributed by atoms with Gasteiger partial charge in [0.05, 0.1) is 18.8 Å². The van der Waals surface area contributed by atoms with Crippen LogP contribution in [0.15, 0.2) is 33.9 Å². The van der Waals surface area contributed by atoms with Gasteiger partial charge in [0.25, 0.3) is 0 Å². The minimum absolute atomic E-state index is 0. The molecule has 0 saturated carbocycles. The summed E-state index contributed by atoms with van der Waals surface area (Å²) in [5.41, 5.74) is 2.94. The lowest BCUT2D eigenvalue weighted by Gasteiger charge is -2.18. The quantitative estimate of drug-likeness (QED) is 0.280. The second-order valence-electron chi connectivity index (χ2n) is 6.67. The molecule has 30 heavy (non-hydrogen) atoms. The Morgan fingerprint density at radius 1 is 1.20 bits per heavy atom. The lowest BCUT2D eigenvalue weighted by atomic mass is 10.1. The predicted molar refractivity (Wildman–Crippen MR) is 129 cm³/mol. The van der Waals surface area contributed by atoms with Gasteiger partial charge in [0.15, 0.2) is 5.96 Å². The topological polar surface area (TPSA) is 95.7 Å². The molecule has 0 aliphatic rings. The fraction of sp³-hybridized carbons (Fsp3) is 0.524. The smallest absolute Gasteiger partial charge is 0.241 e. The number of aryl methyl sites for hydroxylation is 2. The molecule has 0 aliphatic carbocycles. The molecular formula is C21H33IN6O2. The van der Waals surface area contributed by atoms with Crippen LogP contribution in [0.2, 0.25) is 0 Å². The Kier molecular flexibility index (Phi) is 12.0. The van der Waals surface area contributed by atoms with Crippen molar-refractivity contribution in [3.8, 4) is 0 Å². The number of hydrogen-bond acceptors (Lipinski definition) is 5. The summed E-state index contributed by atoms with van der Waals surface area (Å²) in [4.78, 5) is 23.0. The normalized spacial score (nSPS) is 11.0. The van der Waals surface area contributed by atoms with Crippen LogP contribution in [0.3, 0.4) is 0 Å². The van der Waals surface area contributed by atoms with Gasteiger partial charge in [0.2, 0.25) is 5.91 Å². The van der Waals surface area contributed by atoms with Gasteiger partial charge in [-0.2, -0.15) is 0 Å². The fourth-order valence-corrected chi connectivity index (χ4v) is 2.86. The maximum Gasteiger partial charge on any atom is 0.241 e. The maximum atomic E-state index is 12.4. The van der Waals surface area contributed by atoms with Crippen LogP contribution in [0.4, 0.5) is 0 Å². The van der Waals surface area contributed by atoms with Gasteiger partial charge in [-0.1, -0.05) is 25.1 Å². The number of nitrogens with zero attached hydrogens (tertiary/aromatic N) is 4. The molecule has 9 heteroatoms. The summed E-state index contributed by atoms with van der Waals surface area (Å²) in [6.45, 7) is 8.05. The average molecular weight is 528 g/mol. The largest absolute Gasteiger partial charge is 0.361 e. The van der Waals surface area contributed by atoms with E-state index in [0.29, 0.717) is 25.6 Å². The molecule has 1 amide bonds. The first-order valence-corrected chi connectivity index (χ1v) is 10.2. The van der Waals surface area contributed by atoms with E-state index in [4.69, 9.17) is 4.52 Å². The zero-order valence-corrected chi connectivity index (χ0v) is 20.6. The Morgan fingerprint density at radius 2 is 2.00 bits per heavy atom. The number of amides is 1. The second-order valence-corrected chi connectivity index (χ2v) is 6.67. The number of pyridine rings is 1. The molecule has 2 heterocycles. The molecule has 0 unspecified atom stereocenters. The highest BCUT2D eigenvalue weighted by Gasteiger charge is 2.14. The summed E-state index contributed by atoms with van der Waals surface area (Å²) in [6, 6.07) is 5.80. The number of carbonyl (C=O) groups is 1. The van der Waals surface area contributed by atoms with Crippen molar-refractivity contribution in [1.82, 2.24) is 25.7 Å². The number of aromatic nitrogens is 2. The second kappa shape index (κ2) is 13.9. The summed E-state index contributed by atoms with van der Waals surface area (Å²) in [7, 11) is 1.80. The number of carbonyl (C=O) groups excluding carboxylic acids is 1. The maximum absolute atomic E-state index is 12.4. The molecule has 8 nitrogen and oxygen atoms in total. The van der Waals surface area contributed by atoms with Gasteiger partial charge in [-0.05, 0) is 25.5 Å². The first kappa shape index (κ1) is 25.9. The van der Waals surface area contributed by atoms with Crippen LogP contribution in [0.5, 0.6) is 0 Å². The van der Waals surface area contributed by atoms with Crippen LogP contribution in [0.25, 0.3) is 0 Å². The van der Waals surface area contributed by atoms with E-state index in [1.54, 1.807) is 18.1 Å². The standard InChI is InChI=1S/C21H32N6O2.HI/c1-5-18-17(19(6-2)29-26-18)14-24-21(22-7-3)25-15-20(28)27(4)13-11-16-10-8-9-12-23-16;/h8-10,12H,5-7,11,13-15H2,1-4H3,(H2,22,24,25);1H. The highest BCUT2D eigenvalue weighted by Crippen LogP contribution is 2.16. The molecule has 166 valence electrons. The highest BCUT2D eigenvalue weighted by molar-refractivity contribution is 14.0. The van der Waals surface area contributed by atoms with E-state index < -0.39 is 0 Å². The van der Waals surface area contributed by atoms with Crippen LogP contribution in [-0.2, 0) is 30.6 Å². The molecule has 0 radical (unpaired) electrons. The van der Waals surface area contributed by atoms with Crippen molar-refractivity contribution in [3.63, 3.8) is 0 Å². The van der Waals surface area contributed by atoms with Crippen molar-refractivity contribution in [2.75, 3.05) is 26.7 Å². The van der Waals surface area contributed by atoms with Gasteiger partial charge in [-0.25, -0.2) is 4.99 Å². The Bertz CT molecular complexity index is 773. The average Bonchev–Trinajstić information content (AvgIpc) is 3.16. The van der Waals surface area contributed by atoms with E-state index in [1.165, 1.54) is 0 Å². The third-order valence-electron chi connectivity index (χ3n) is 4.61. The molecule has 2 aromatic rings. The lowest BCUT2D eigenvalue weighted by Crippen LogP contribution is -2.44. The number of likely N-dealkylation sites (N-methyl/N-ethyl adjacent to an activating group) is 1. The molecule has 0 aromatic carbocycles. The Labute approximate surface area is 195 Å². The molecule has 2 N–H and O–H groups in total. The molecule has 0 atom stereocenters. The molecule has 2 aromatic heterocycles. The Morgan fingerprint density at radius 3 is 2.63 bits per heavy atom. The van der Waals surface area contributed by atoms with Gasteiger partial charge in [0, 0.05) is 50.4 Å². The number of aliphatic imine (C=N–C) groups is 1. The minimum atomic E-state index is 0. The summed E-state index contributed by atoms with van der Waals surface area (Å²) in [5, 5.41) is 10.4. The van der Waals surface area contributed by atoms with Crippen molar-refractivity contribution in [3.05, 3.63) is 47.1 Å².